The molecule has 1 fully saturated rings. The molecule has 2 atom stereocenters. The van der Waals surface area contributed by atoms with Crippen molar-refractivity contribution < 1.29 is 28.6 Å². The standard InChI is InChI=1S/C25H25Cl2FN2O5S/c1-25(2,3)35-24(33)30(12-13-7-4-5-9-15(13)28)16-11-17(26)29-19-18(27)22(36-21(16)19)20-14(23(31)32)8-6-10-34-20/h4-5,7,9,11,14,20H,6,8,10,12H2,1-3H3,(H,31,32)/t14-,20-/m0/s1. The van der Waals surface area contributed by atoms with E-state index in [1.807, 2.05) is 0 Å². The maximum absolute atomic E-state index is 14.6. The molecule has 0 aliphatic carbocycles. The number of nitrogens with zero attached hydrogens (tertiary/aromatic N) is 2. The summed E-state index contributed by atoms with van der Waals surface area (Å²) in [6.45, 7) is 5.45. The summed E-state index contributed by atoms with van der Waals surface area (Å²) in [7, 11) is 0. The van der Waals surface area contributed by atoms with Crippen LogP contribution in [-0.4, -0.2) is 34.4 Å². The minimum Gasteiger partial charge on any atom is -0.481 e. The number of carbonyl (C=O) groups is 2. The molecule has 7 nitrogen and oxygen atoms in total. The first kappa shape index (κ1) is 26.6. The van der Waals surface area contributed by atoms with Gasteiger partial charge in [-0.25, -0.2) is 14.2 Å². The first-order valence-corrected chi connectivity index (χ1v) is 12.9. The van der Waals surface area contributed by atoms with Crippen molar-refractivity contribution in [3.8, 4) is 0 Å². The summed E-state index contributed by atoms with van der Waals surface area (Å²) >= 11 is 14.2. The minimum absolute atomic E-state index is 0.0604. The van der Waals surface area contributed by atoms with Gasteiger partial charge in [-0.1, -0.05) is 41.4 Å². The molecule has 0 saturated carbocycles. The van der Waals surface area contributed by atoms with Gasteiger partial charge in [0, 0.05) is 18.2 Å². The number of aliphatic carboxylic acids is 1. The molecule has 0 bridgehead atoms. The van der Waals surface area contributed by atoms with Crippen molar-refractivity contribution in [3.63, 3.8) is 0 Å². The van der Waals surface area contributed by atoms with Crippen molar-refractivity contribution in [3.05, 3.63) is 56.8 Å². The first-order chi connectivity index (χ1) is 17.0. The fraction of sp³-hybridized carbons (Fsp3) is 0.400. The molecule has 0 spiro atoms. The number of benzene rings is 1. The number of carboxylic acids is 1. The summed E-state index contributed by atoms with van der Waals surface area (Å²) in [5.74, 6) is -2.23. The largest absolute Gasteiger partial charge is 0.481 e. The molecular formula is C25H25Cl2FN2O5S. The van der Waals surface area contributed by atoms with Crippen LogP contribution in [0.5, 0.6) is 0 Å². The first-order valence-electron chi connectivity index (χ1n) is 11.3. The Morgan fingerprint density at radius 2 is 2.03 bits per heavy atom. The molecule has 2 aromatic heterocycles. The van der Waals surface area contributed by atoms with Crippen LogP contribution in [0.25, 0.3) is 10.2 Å². The normalized spacial score (nSPS) is 18.3. The number of hydrogen-bond donors (Lipinski definition) is 1. The summed E-state index contributed by atoms with van der Waals surface area (Å²) < 4.78 is 26.5. The van der Waals surface area contributed by atoms with Gasteiger partial charge in [-0.3, -0.25) is 9.69 Å². The molecule has 0 radical (unpaired) electrons. The van der Waals surface area contributed by atoms with Gasteiger partial charge in [0.1, 0.15) is 28.2 Å². The Kier molecular flexibility index (Phi) is 7.75. The summed E-state index contributed by atoms with van der Waals surface area (Å²) in [6, 6.07) is 7.61. The van der Waals surface area contributed by atoms with E-state index in [9.17, 15) is 19.1 Å². The number of pyridine rings is 1. The zero-order valence-corrected chi connectivity index (χ0v) is 22.2. The summed E-state index contributed by atoms with van der Waals surface area (Å²) in [4.78, 5) is 31.4. The Morgan fingerprint density at radius 1 is 1.31 bits per heavy atom. The summed E-state index contributed by atoms with van der Waals surface area (Å²) in [6.07, 6.45) is -0.405. The Balaban J connectivity index is 1.87. The van der Waals surface area contributed by atoms with E-state index in [1.165, 1.54) is 28.4 Å². The van der Waals surface area contributed by atoms with Crippen molar-refractivity contribution in [2.75, 3.05) is 11.5 Å². The Morgan fingerprint density at radius 3 is 2.69 bits per heavy atom. The molecule has 0 unspecified atom stereocenters. The number of rotatable bonds is 5. The molecule has 1 N–H and O–H groups in total. The van der Waals surface area contributed by atoms with Crippen molar-refractivity contribution in [1.29, 1.82) is 0 Å². The maximum atomic E-state index is 14.6. The molecule has 4 rings (SSSR count). The Labute approximate surface area is 221 Å². The Hall–Kier alpha value is -2.46. The highest BCUT2D eigenvalue weighted by atomic mass is 35.5. The highest BCUT2D eigenvalue weighted by Crippen LogP contribution is 2.48. The SMILES string of the molecule is CC(C)(C)OC(=O)N(Cc1ccccc1F)c1cc(Cl)nc2c(Cl)c([C@H]3OCCC[C@@H]3C(=O)O)sc12. The molecule has 1 aliphatic rings. The maximum Gasteiger partial charge on any atom is 0.415 e. The van der Waals surface area contributed by atoms with Crippen LogP contribution in [0.4, 0.5) is 14.9 Å². The molecule has 1 aliphatic heterocycles. The highest BCUT2D eigenvalue weighted by Gasteiger charge is 2.37. The van der Waals surface area contributed by atoms with Crippen LogP contribution < -0.4 is 4.90 Å². The second-order valence-electron chi connectivity index (χ2n) is 9.46. The average molecular weight is 555 g/mol. The molecule has 192 valence electrons. The van der Waals surface area contributed by atoms with Crippen LogP contribution in [-0.2, 0) is 20.8 Å². The highest BCUT2D eigenvalue weighted by molar-refractivity contribution is 7.20. The fourth-order valence-electron chi connectivity index (χ4n) is 4.05. The smallest absolute Gasteiger partial charge is 0.415 e. The van der Waals surface area contributed by atoms with E-state index in [1.54, 1.807) is 39.0 Å². The van der Waals surface area contributed by atoms with Crippen LogP contribution >= 0.6 is 34.5 Å². The lowest BCUT2D eigenvalue weighted by molar-refractivity contribution is -0.151. The van der Waals surface area contributed by atoms with Crippen molar-refractivity contribution in [1.82, 2.24) is 4.98 Å². The third-order valence-corrected chi connectivity index (χ3v) is 7.60. The number of ether oxygens (including phenoxy) is 2. The van der Waals surface area contributed by atoms with Crippen LogP contribution in [0.15, 0.2) is 30.3 Å². The molecular weight excluding hydrogens is 530 g/mol. The molecule has 1 aromatic carbocycles. The van der Waals surface area contributed by atoms with E-state index in [-0.39, 0.29) is 22.3 Å². The zero-order valence-electron chi connectivity index (χ0n) is 19.9. The summed E-state index contributed by atoms with van der Waals surface area (Å²) in [5, 5.41) is 10.0. The third kappa shape index (κ3) is 5.59. The Bertz CT molecular complexity index is 1310. The van der Waals surface area contributed by atoms with E-state index in [2.05, 4.69) is 4.98 Å². The number of hydrogen-bond acceptors (Lipinski definition) is 6. The molecule has 11 heteroatoms. The number of thiophene rings is 1. The lowest BCUT2D eigenvalue weighted by Crippen LogP contribution is -2.36. The lowest BCUT2D eigenvalue weighted by atomic mass is 9.93. The van der Waals surface area contributed by atoms with Gasteiger partial charge in [-0.2, -0.15) is 0 Å². The monoisotopic (exact) mass is 554 g/mol. The van der Waals surface area contributed by atoms with Gasteiger partial charge < -0.3 is 14.6 Å². The number of halogens is 3. The van der Waals surface area contributed by atoms with Crippen molar-refractivity contribution >= 4 is 62.5 Å². The predicted octanol–water partition coefficient (Wildman–Crippen LogP) is 7.24. The number of aromatic nitrogens is 1. The van der Waals surface area contributed by atoms with Crippen LogP contribution in [0.3, 0.4) is 0 Å². The number of anilines is 1. The van der Waals surface area contributed by atoms with Gasteiger partial charge in [-0.15, -0.1) is 11.3 Å². The van der Waals surface area contributed by atoms with Gasteiger partial charge >= 0.3 is 12.1 Å². The second-order valence-corrected chi connectivity index (χ2v) is 11.3. The van der Waals surface area contributed by atoms with Gasteiger partial charge in [0.25, 0.3) is 0 Å². The zero-order chi connectivity index (χ0) is 26.2. The predicted molar refractivity (Wildman–Crippen MR) is 138 cm³/mol. The minimum atomic E-state index is -0.977. The van der Waals surface area contributed by atoms with Gasteiger partial charge in [0.15, 0.2) is 0 Å². The van der Waals surface area contributed by atoms with Crippen molar-refractivity contribution in [2.24, 2.45) is 5.92 Å². The molecule has 1 saturated heterocycles. The summed E-state index contributed by atoms with van der Waals surface area (Å²) in [5.41, 5.74) is 0.0837. The number of fused-ring (bicyclic) bond motifs is 1. The topological polar surface area (TPSA) is 89.0 Å². The van der Waals surface area contributed by atoms with Crippen LogP contribution in [0.1, 0.15) is 50.2 Å². The van der Waals surface area contributed by atoms with Gasteiger partial charge in [0.05, 0.1) is 32.7 Å². The third-order valence-electron chi connectivity index (χ3n) is 5.65. The van der Waals surface area contributed by atoms with E-state index < -0.39 is 35.5 Å². The van der Waals surface area contributed by atoms with E-state index >= 15 is 0 Å². The van der Waals surface area contributed by atoms with E-state index in [4.69, 9.17) is 32.7 Å². The molecule has 1 amide bonds. The average Bonchev–Trinajstić information content (AvgIpc) is 3.13. The van der Waals surface area contributed by atoms with Crippen LogP contribution in [0.2, 0.25) is 10.2 Å². The number of amides is 1. The van der Waals surface area contributed by atoms with Gasteiger partial charge in [-0.05, 0) is 39.7 Å². The van der Waals surface area contributed by atoms with Crippen molar-refractivity contribution in [2.45, 2.75) is 51.9 Å². The number of carboxylic acid groups (broad SMARTS) is 1. The fourth-order valence-corrected chi connectivity index (χ4v) is 5.92. The van der Waals surface area contributed by atoms with Crippen LogP contribution in [0, 0.1) is 11.7 Å². The van der Waals surface area contributed by atoms with E-state index in [0.29, 0.717) is 40.2 Å². The quantitative estimate of drug-likeness (QED) is 0.334. The van der Waals surface area contributed by atoms with E-state index in [0.717, 1.165) is 0 Å². The lowest BCUT2D eigenvalue weighted by Gasteiger charge is -2.28. The second kappa shape index (κ2) is 10.5. The molecule has 3 aromatic rings. The molecule has 36 heavy (non-hydrogen) atoms. The number of carbonyl (C=O) groups excluding carboxylic acids is 1. The molecule has 3 heterocycles. The van der Waals surface area contributed by atoms with Gasteiger partial charge in [0.2, 0.25) is 0 Å².